The summed E-state index contributed by atoms with van der Waals surface area (Å²) < 4.78 is 5.53. The van der Waals surface area contributed by atoms with Gasteiger partial charge in [-0.3, -0.25) is 0 Å². The molecular formula is C25H25N3O2. The minimum absolute atomic E-state index is 0.0644. The Kier molecular flexibility index (Phi) is 5.70. The number of nitrogens with one attached hydrogen (secondary N) is 1. The molecule has 0 saturated carbocycles. The van der Waals surface area contributed by atoms with Crippen molar-refractivity contribution in [2.24, 2.45) is 0 Å². The highest BCUT2D eigenvalue weighted by Gasteiger charge is 2.28. The van der Waals surface area contributed by atoms with Crippen molar-refractivity contribution in [3.05, 3.63) is 89.5 Å². The number of amides is 1. The van der Waals surface area contributed by atoms with Gasteiger partial charge in [-0.1, -0.05) is 72.8 Å². The number of rotatable bonds is 6. The van der Waals surface area contributed by atoms with Gasteiger partial charge in [0.15, 0.2) is 0 Å². The molecule has 0 radical (unpaired) electrons. The fourth-order valence-electron chi connectivity index (χ4n) is 3.86. The third kappa shape index (κ3) is 4.01. The van der Waals surface area contributed by atoms with Crippen molar-refractivity contribution >= 4 is 23.5 Å². The number of hydrogen-bond acceptors (Lipinski definition) is 4. The van der Waals surface area contributed by atoms with Crippen molar-refractivity contribution < 1.29 is 9.53 Å². The largest absolute Gasteiger partial charge is 0.449 e. The summed E-state index contributed by atoms with van der Waals surface area (Å²) in [5.74, 6) is 0.0644. The van der Waals surface area contributed by atoms with E-state index in [0.717, 1.165) is 5.56 Å². The van der Waals surface area contributed by atoms with Crippen LogP contribution in [-0.4, -0.2) is 19.2 Å². The quantitative estimate of drug-likeness (QED) is 0.410. The monoisotopic (exact) mass is 399 g/mol. The molecule has 0 spiro atoms. The molecule has 0 aliphatic heterocycles. The number of anilines is 2. The minimum atomic E-state index is -0.409. The van der Waals surface area contributed by atoms with Crippen molar-refractivity contribution in [1.82, 2.24) is 5.32 Å². The van der Waals surface area contributed by atoms with Crippen molar-refractivity contribution in [2.75, 3.05) is 24.6 Å². The molecule has 0 heterocycles. The molecule has 0 fully saturated rings. The van der Waals surface area contributed by atoms with Crippen LogP contribution in [0.25, 0.3) is 17.2 Å². The summed E-state index contributed by atoms with van der Waals surface area (Å²) in [6, 6.07) is 22.1. The van der Waals surface area contributed by atoms with E-state index in [2.05, 4.69) is 29.6 Å². The van der Waals surface area contributed by atoms with E-state index in [4.69, 9.17) is 16.2 Å². The molecule has 1 aliphatic rings. The summed E-state index contributed by atoms with van der Waals surface area (Å²) in [5, 5.41) is 2.80. The number of alkyl carbamates (subject to hydrolysis) is 1. The van der Waals surface area contributed by atoms with Gasteiger partial charge < -0.3 is 21.5 Å². The average molecular weight is 399 g/mol. The zero-order valence-corrected chi connectivity index (χ0v) is 16.7. The van der Waals surface area contributed by atoms with E-state index in [0.29, 0.717) is 30.9 Å². The van der Waals surface area contributed by atoms with Crippen molar-refractivity contribution in [2.45, 2.75) is 12.3 Å². The average Bonchev–Trinajstić information content (AvgIpc) is 3.09. The van der Waals surface area contributed by atoms with Gasteiger partial charge in [-0.15, -0.1) is 0 Å². The topological polar surface area (TPSA) is 90.4 Å². The maximum atomic E-state index is 12.2. The van der Waals surface area contributed by atoms with Crippen molar-refractivity contribution in [3.8, 4) is 11.1 Å². The number of hydrogen-bond donors (Lipinski definition) is 3. The molecule has 1 amide bonds. The highest BCUT2D eigenvalue weighted by Crippen LogP contribution is 2.44. The Balaban J connectivity index is 1.28. The molecule has 1 aliphatic carbocycles. The van der Waals surface area contributed by atoms with Gasteiger partial charge in [0, 0.05) is 12.5 Å². The van der Waals surface area contributed by atoms with E-state index >= 15 is 0 Å². The molecule has 0 aromatic heterocycles. The van der Waals surface area contributed by atoms with Crippen LogP contribution in [0.1, 0.15) is 29.0 Å². The Hall–Kier alpha value is -3.73. The van der Waals surface area contributed by atoms with Crippen LogP contribution in [0.2, 0.25) is 0 Å². The number of fused-ring (bicyclic) bond motifs is 3. The molecule has 5 heteroatoms. The molecule has 30 heavy (non-hydrogen) atoms. The van der Waals surface area contributed by atoms with Crippen molar-refractivity contribution in [3.63, 3.8) is 0 Å². The van der Waals surface area contributed by atoms with Gasteiger partial charge >= 0.3 is 6.09 Å². The fraction of sp³-hybridized carbons (Fsp3) is 0.160. The highest BCUT2D eigenvalue weighted by molar-refractivity contribution is 5.79. The smallest absolute Gasteiger partial charge is 0.407 e. The van der Waals surface area contributed by atoms with Crippen molar-refractivity contribution in [1.29, 1.82) is 0 Å². The zero-order valence-electron chi connectivity index (χ0n) is 16.7. The molecule has 3 aromatic rings. The number of ether oxygens (including phenoxy) is 1. The van der Waals surface area contributed by atoms with Gasteiger partial charge in [-0.05, 0) is 40.3 Å². The molecule has 5 nitrogen and oxygen atoms in total. The number of nitrogen functional groups attached to an aromatic ring is 2. The molecule has 0 bridgehead atoms. The van der Waals surface area contributed by atoms with E-state index in [1.54, 1.807) is 6.07 Å². The number of benzene rings is 3. The van der Waals surface area contributed by atoms with Crippen LogP contribution in [-0.2, 0) is 4.74 Å². The lowest BCUT2D eigenvalue weighted by Crippen LogP contribution is -2.26. The summed E-state index contributed by atoms with van der Waals surface area (Å²) in [4.78, 5) is 12.2. The predicted octanol–water partition coefficient (Wildman–Crippen LogP) is 4.79. The summed E-state index contributed by atoms with van der Waals surface area (Å²) in [5.41, 5.74) is 18.6. The summed E-state index contributed by atoms with van der Waals surface area (Å²) in [6.07, 6.45) is 4.12. The van der Waals surface area contributed by atoms with Gasteiger partial charge in [-0.2, -0.15) is 0 Å². The normalized spacial score (nSPS) is 12.5. The standard InChI is InChI=1S/C25H25N3O2/c26-23-14-7-9-17(24(23)27)8-5-6-15-28-25(29)30-16-22-20-12-3-1-10-18(20)19-11-2-4-13-21(19)22/h1-5,7-14,22H,6,15-16,26-27H2,(H,28,29). The van der Waals surface area contributed by atoms with E-state index in [9.17, 15) is 4.79 Å². The summed E-state index contributed by atoms with van der Waals surface area (Å²) >= 11 is 0. The second kappa shape index (κ2) is 8.74. The predicted molar refractivity (Wildman–Crippen MR) is 122 cm³/mol. The first-order valence-corrected chi connectivity index (χ1v) is 10.0. The third-order valence-electron chi connectivity index (χ3n) is 5.40. The first kappa shape index (κ1) is 19.6. The molecule has 5 N–H and O–H groups in total. The first-order chi connectivity index (χ1) is 14.6. The lowest BCUT2D eigenvalue weighted by molar-refractivity contribution is 0.143. The second-order valence-electron chi connectivity index (χ2n) is 7.29. The van der Waals surface area contributed by atoms with E-state index in [-0.39, 0.29) is 5.92 Å². The first-order valence-electron chi connectivity index (χ1n) is 10.0. The van der Waals surface area contributed by atoms with E-state index in [1.807, 2.05) is 48.6 Å². The number of para-hydroxylation sites is 1. The van der Waals surface area contributed by atoms with Crippen LogP contribution in [0, 0.1) is 0 Å². The summed E-state index contributed by atoms with van der Waals surface area (Å²) in [6.45, 7) is 0.797. The molecule has 0 atom stereocenters. The van der Waals surface area contributed by atoms with E-state index in [1.165, 1.54) is 22.3 Å². The molecule has 152 valence electrons. The second-order valence-corrected chi connectivity index (χ2v) is 7.29. The van der Waals surface area contributed by atoms with Crippen LogP contribution in [0.4, 0.5) is 16.2 Å². The van der Waals surface area contributed by atoms with Gasteiger partial charge in [0.05, 0.1) is 11.4 Å². The van der Waals surface area contributed by atoms with E-state index < -0.39 is 6.09 Å². The summed E-state index contributed by atoms with van der Waals surface area (Å²) in [7, 11) is 0. The lowest BCUT2D eigenvalue weighted by atomic mass is 9.98. The van der Waals surface area contributed by atoms with Gasteiger partial charge in [0.2, 0.25) is 0 Å². The van der Waals surface area contributed by atoms with Crippen LogP contribution >= 0.6 is 0 Å². The fourth-order valence-corrected chi connectivity index (χ4v) is 3.86. The Labute approximate surface area is 176 Å². The Morgan fingerprint density at radius 2 is 1.60 bits per heavy atom. The molecule has 3 aromatic carbocycles. The van der Waals surface area contributed by atoms with Gasteiger partial charge in [0.25, 0.3) is 0 Å². The highest BCUT2D eigenvalue weighted by atomic mass is 16.5. The zero-order chi connectivity index (χ0) is 20.9. The number of nitrogens with two attached hydrogens (primary N) is 2. The molecular weight excluding hydrogens is 374 g/mol. The van der Waals surface area contributed by atoms with Gasteiger partial charge in [0.1, 0.15) is 6.61 Å². The maximum Gasteiger partial charge on any atom is 0.407 e. The SMILES string of the molecule is Nc1cccc(C=CCCNC(=O)OCC2c3ccccc3-c3ccccc32)c1N. The Morgan fingerprint density at radius 1 is 0.933 bits per heavy atom. The molecule has 0 unspecified atom stereocenters. The molecule has 4 rings (SSSR count). The van der Waals surface area contributed by atoms with Crippen LogP contribution in [0.5, 0.6) is 0 Å². The Morgan fingerprint density at radius 3 is 2.30 bits per heavy atom. The number of carbonyl (C=O) groups is 1. The van der Waals surface area contributed by atoms with Crippen LogP contribution in [0.15, 0.2) is 72.8 Å². The van der Waals surface area contributed by atoms with Crippen LogP contribution < -0.4 is 16.8 Å². The van der Waals surface area contributed by atoms with Gasteiger partial charge in [-0.25, -0.2) is 4.79 Å². The minimum Gasteiger partial charge on any atom is -0.449 e. The number of carbonyl (C=O) groups excluding carboxylic acids is 1. The third-order valence-corrected chi connectivity index (χ3v) is 5.40. The lowest BCUT2D eigenvalue weighted by Gasteiger charge is -2.14. The maximum absolute atomic E-state index is 12.2. The van der Waals surface area contributed by atoms with Crippen LogP contribution in [0.3, 0.4) is 0 Å². The Bertz CT molecular complexity index is 1050. The molecule has 0 saturated heterocycles.